The quantitative estimate of drug-likeness (QED) is 0.586. The molecule has 0 aromatic heterocycles. The van der Waals surface area contributed by atoms with Gasteiger partial charge in [0.15, 0.2) is 0 Å². The van der Waals surface area contributed by atoms with Gasteiger partial charge >= 0.3 is 0 Å². The molecule has 1 aliphatic carbocycles. The van der Waals surface area contributed by atoms with E-state index in [9.17, 15) is 4.79 Å². The number of hydrogen-bond acceptors (Lipinski definition) is 2. The second-order valence-electron chi connectivity index (χ2n) is 8.74. The second-order valence-corrected chi connectivity index (χ2v) is 8.74. The third-order valence-corrected chi connectivity index (χ3v) is 5.94. The topological polar surface area (TPSA) is 41.1 Å². The van der Waals surface area contributed by atoms with E-state index >= 15 is 0 Å². The molecule has 3 nitrogen and oxygen atoms in total. The summed E-state index contributed by atoms with van der Waals surface area (Å²) in [4.78, 5) is 12.4. The van der Waals surface area contributed by atoms with Crippen LogP contribution in [0.2, 0.25) is 0 Å². The number of hydrogen-bond donors (Lipinski definition) is 2. The largest absolute Gasteiger partial charge is 0.383 e. The van der Waals surface area contributed by atoms with Gasteiger partial charge in [0, 0.05) is 23.3 Å². The van der Waals surface area contributed by atoms with Crippen molar-refractivity contribution in [1.29, 1.82) is 0 Å². The lowest BCUT2D eigenvalue weighted by Crippen LogP contribution is -2.25. The normalized spacial score (nSPS) is 14.3. The number of carbonyl (C=O) groups is 1. The first-order chi connectivity index (χ1) is 13.7. The van der Waals surface area contributed by atoms with E-state index in [0.29, 0.717) is 12.1 Å². The third kappa shape index (κ3) is 4.72. The van der Waals surface area contributed by atoms with Gasteiger partial charge in [0.1, 0.15) is 0 Å². The molecular formula is C26H34N2O. The molecule has 1 amide bonds. The van der Waals surface area contributed by atoms with Crippen molar-refractivity contribution in [3.8, 4) is 11.1 Å². The van der Waals surface area contributed by atoms with Crippen molar-refractivity contribution >= 4 is 17.7 Å². The van der Waals surface area contributed by atoms with Gasteiger partial charge < -0.3 is 10.6 Å². The summed E-state index contributed by atoms with van der Waals surface area (Å²) in [5, 5.41) is 6.53. The Morgan fingerprint density at radius 1 is 0.966 bits per heavy atom. The molecule has 0 radical (unpaired) electrons. The van der Waals surface area contributed by atoms with E-state index in [1.807, 2.05) is 6.92 Å². The molecule has 3 heteroatoms. The highest BCUT2D eigenvalue weighted by molar-refractivity contribution is 5.98. The number of amides is 1. The van der Waals surface area contributed by atoms with Crippen LogP contribution in [-0.2, 0) is 4.79 Å². The van der Waals surface area contributed by atoms with Crippen LogP contribution >= 0.6 is 0 Å². The first-order valence-electron chi connectivity index (χ1n) is 10.7. The standard InChI is InChI=1S/C26H34N2O/c1-15(2)27-22-10-8-21(9-11-22)25-19(6)17(4)24(18(5)20(25)7)14-16(3)26(29)28-23-12-13-23/h8-11,14-15,23,27H,12-13H2,1-7H3,(H,28,29)/b16-14+. The molecule has 0 spiro atoms. The Labute approximate surface area is 175 Å². The first kappa shape index (κ1) is 21.2. The second kappa shape index (κ2) is 8.44. The van der Waals surface area contributed by atoms with Crippen molar-refractivity contribution in [3.05, 3.63) is 57.7 Å². The van der Waals surface area contributed by atoms with Crippen LogP contribution in [0.15, 0.2) is 29.8 Å². The molecule has 2 aromatic rings. The number of nitrogens with one attached hydrogen (secondary N) is 2. The average Bonchev–Trinajstić information content (AvgIpc) is 3.48. The summed E-state index contributed by atoms with van der Waals surface area (Å²) in [6, 6.07) is 9.50. The zero-order valence-corrected chi connectivity index (χ0v) is 18.9. The number of benzene rings is 2. The molecule has 0 saturated heterocycles. The lowest BCUT2D eigenvalue weighted by Gasteiger charge is -2.20. The summed E-state index contributed by atoms with van der Waals surface area (Å²) in [5.74, 6) is 0.0546. The van der Waals surface area contributed by atoms with Gasteiger partial charge in [-0.05, 0) is 118 Å². The highest BCUT2D eigenvalue weighted by Crippen LogP contribution is 2.36. The highest BCUT2D eigenvalue weighted by atomic mass is 16.1. The molecule has 0 atom stereocenters. The Hall–Kier alpha value is -2.55. The van der Waals surface area contributed by atoms with Gasteiger partial charge in [-0.25, -0.2) is 0 Å². The Balaban J connectivity index is 1.98. The smallest absolute Gasteiger partial charge is 0.247 e. The summed E-state index contributed by atoms with van der Waals surface area (Å²) in [6.07, 6.45) is 4.27. The van der Waals surface area contributed by atoms with Gasteiger partial charge in [0.25, 0.3) is 0 Å². The molecule has 3 rings (SSSR count). The summed E-state index contributed by atoms with van der Waals surface area (Å²) in [7, 11) is 0. The Morgan fingerprint density at radius 3 is 2.00 bits per heavy atom. The van der Waals surface area contributed by atoms with Crippen LogP contribution < -0.4 is 10.6 Å². The van der Waals surface area contributed by atoms with Crippen molar-refractivity contribution < 1.29 is 4.79 Å². The summed E-state index contributed by atoms with van der Waals surface area (Å²) in [5.41, 5.74) is 10.7. The molecule has 154 valence electrons. The van der Waals surface area contributed by atoms with Gasteiger partial charge in [-0.1, -0.05) is 12.1 Å². The van der Waals surface area contributed by atoms with Crippen LogP contribution in [0.4, 0.5) is 5.69 Å². The van der Waals surface area contributed by atoms with Gasteiger partial charge in [0.2, 0.25) is 5.91 Å². The van der Waals surface area contributed by atoms with E-state index in [4.69, 9.17) is 0 Å². The summed E-state index contributed by atoms with van der Waals surface area (Å²) < 4.78 is 0. The van der Waals surface area contributed by atoms with Crippen LogP contribution in [0.5, 0.6) is 0 Å². The molecular weight excluding hydrogens is 356 g/mol. The number of carbonyl (C=O) groups excluding carboxylic acids is 1. The molecule has 0 unspecified atom stereocenters. The maximum Gasteiger partial charge on any atom is 0.247 e. The predicted molar refractivity (Wildman–Crippen MR) is 124 cm³/mol. The fourth-order valence-electron chi connectivity index (χ4n) is 3.87. The van der Waals surface area contributed by atoms with Gasteiger partial charge in [0.05, 0.1) is 0 Å². The van der Waals surface area contributed by atoms with E-state index < -0.39 is 0 Å². The van der Waals surface area contributed by atoms with E-state index in [1.165, 1.54) is 38.9 Å². The first-order valence-corrected chi connectivity index (χ1v) is 10.7. The lowest BCUT2D eigenvalue weighted by atomic mass is 9.85. The minimum Gasteiger partial charge on any atom is -0.383 e. The highest BCUT2D eigenvalue weighted by Gasteiger charge is 2.24. The Morgan fingerprint density at radius 2 is 1.52 bits per heavy atom. The van der Waals surface area contributed by atoms with E-state index in [1.54, 1.807) is 0 Å². The summed E-state index contributed by atoms with van der Waals surface area (Å²) in [6.45, 7) is 14.9. The van der Waals surface area contributed by atoms with Gasteiger partial charge in [-0.3, -0.25) is 4.79 Å². The molecule has 1 saturated carbocycles. The average molecular weight is 391 g/mol. The zero-order chi connectivity index (χ0) is 21.3. The molecule has 29 heavy (non-hydrogen) atoms. The van der Waals surface area contributed by atoms with Crippen LogP contribution in [0.25, 0.3) is 17.2 Å². The monoisotopic (exact) mass is 390 g/mol. The van der Waals surface area contributed by atoms with E-state index in [-0.39, 0.29) is 5.91 Å². The zero-order valence-electron chi connectivity index (χ0n) is 18.9. The van der Waals surface area contributed by atoms with E-state index in [2.05, 4.69) is 82.5 Å². The van der Waals surface area contributed by atoms with Gasteiger partial charge in [-0.2, -0.15) is 0 Å². The molecule has 1 aliphatic rings. The fourth-order valence-corrected chi connectivity index (χ4v) is 3.87. The fraction of sp³-hybridized carbons (Fsp3) is 0.423. The maximum absolute atomic E-state index is 12.4. The van der Waals surface area contributed by atoms with E-state index in [0.717, 1.165) is 24.1 Å². The number of anilines is 1. The minimum atomic E-state index is 0.0546. The number of rotatable bonds is 6. The van der Waals surface area contributed by atoms with Crippen molar-refractivity contribution in [1.82, 2.24) is 5.32 Å². The van der Waals surface area contributed by atoms with Crippen LogP contribution in [0, 0.1) is 27.7 Å². The molecule has 0 aliphatic heterocycles. The van der Waals surface area contributed by atoms with Crippen LogP contribution in [0.1, 0.15) is 61.4 Å². The minimum absolute atomic E-state index is 0.0546. The molecule has 0 heterocycles. The van der Waals surface area contributed by atoms with Crippen molar-refractivity contribution in [2.45, 2.75) is 73.4 Å². The third-order valence-electron chi connectivity index (χ3n) is 5.94. The van der Waals surface area contributed by atoms with Crippen molar-refractivity contribution in [2.75, 3.05) is 5.32 Å². The van der Waals surface area contributed by atoms with Crippen molar-refractivity contribution in [2.24, 2.45) is 0 Å². The lowest BCUT2D eigenvalue weighted by molar-refractivity contribution is -0.117. The summed E-state index contributed by atoms with van der Waals surface area (Å²) >= 11 is 0. The maximum atomic E-state index is 12.4. The molecule has 0 bridgehead atoms. The van der Waals surface area contributed by atoms with Crippen LogP contribution in [0.3, 0.4) is 0 Å². The Kier molecular flexibility index (Phi) is 6.16. The molecule has 2 aromatic carbocycles. The van der Waals surface area contributed by atoms with Gasteiger partial charge in [-0.15, -0.1) is 0 Å². The molecule has 2 N–H and O–H groups in total. The SMILES string of the molecule is C/C(=C\c1c(C)c(C)c(-c2ccc(NC(C)C)cc2)c(C)c1C)C(=O)NC1CC1. The molecule has 1 fully saturated rings. The Bertz CT molecular complexity index is 919. The predicted octanol–water partition coefficient (Wildman–Crippen LogP) is 6.09. The van der Waals surface area contributed by atoms with Crippen molar-refractivity contribution in [3.63, 3.8) is 0 Å². The van der Waals surface area contributed by atoms with Crippen LogP contribution in [-0.4, -0.2) is 18.0 Å².